The van der Waals surface area contributed by atoms with Crippen LogP contribution in [-0.4, -0.2) is 9.13 Å². The molecule has 4 heteroatoms. The first-order valence-corrected chi connectivity index (χ1v) is 20.8. The lowest BCUT2D eigenvalue weighted by Gasteiger charge is -2.17. The van der Waals surface area contributed by atoms with Gasteiger partial charge in [0.1, 0.15) is 16.7 Å². The van der Waals surface area contributed by atoms with Crippen molar-refractivity contribution >= 4 is 87.5 Å². The van der Waals surface area contributed by atoms with Crippen LogP contribution in [0.25, 0.3) is 121 Å². The number of hydrogen-bond acceptors (Lipinski definition) is 2. The van der Waals surface area contributed by atoms with Gasteiger partial charge >= 0.3 is 0 Å². The van der Waals surface area contributed by atoms with Crippen molar-refractivity contribution in [2.24, 2.45) is 0 Å². The third kappa shape index (κ3) is 4.79. The van der Waals surface area contributed by atoms with Gasteiger partial charge in [-0.05, 0) is 59.7 Å². The molecule has 0 bridgehead atoms. The number of hydrogen-bond donors (Lipinski definition) is 0. The monoisotopic (exact) mass is 770 g/mol. The van der Waals surface area contributed by atoms with Crippen LogP contribution in [0.5, 0.6) is 0 Å². The Morgan fingerprint density at radius 3 is 1.62 bits per heavy atom. The molecule has 13 rings (SSSR count). The smallest absolute Gasteiger partial charge is 0.159 e. The molecule has 0 spiro atoms. The number of para-hydroxylation sites is 7. The molecule has 13 aromatic rings. The molecule has 0 atom stereocenters. The van der Waals surface area contributed by atoms with E-state index < -0.39 is 0 Å². The van der Waals surface area contributed by atoms with Crippen molar-refractivity contribution < 1.29 is 8.83 Å². The Morgan fingerprint density at radius 1 is 0.333 bits per heavy atom. The molecule has 0 aliphatic heterocycles. The van der Waals surface area contributed by atoms with Crippen molar-refractivity contribution in [3.8, 4) is 33.6 Å². The van der Waals surface area contributed by atoms with Crippen molar-refractivity contribution in [3.63, 3.8) is 0 Å². The predicted octanol–water partition coefficient (Wildman–Crippen LogP) is 16.0. The fraction of sp³-hybridized carbons (Fsp3) is 0.0357. The molecule has 0 unspecified atom stereocenters. The average molecular weight is 771 g/mol. The zero-order valence-corrected chi connectivity index (χ0v) is 33.2. The van der Waals surface area contributed by atoms with E-state index in [-0.39, 0.29) is 0 Å². The van der Waals surface area contributed by atoms with Crippen LogP contribution >= 0.6 is 0 Å². The largest absolute Gasteiger partial charge is 0.455 e. The molecule has 0 fully saturated rings. The van der Waals surface area contributed by atoms with Gasteiger partial charge in [-0.25, -0.2) is 0 Å². The molecule has 0 aliphatic rings. The molecular formula is C56H38N2O2. The summed E-state index contributed by atoms with van der Waals surface area (Å²) in [7, 11) is 0. The van der Waals surface area contributed by atoms with Crippen molar-refractivity contribution in [1.29, 1.82) is 0 Å². The van der Waals surface area contributed by atoms with Gasteiger partial charge in [0.05, 0.1) is 27.8 Å². The van der Waals surface area contributed by atoms with E-state index >= 15 is 0 Å². The number of rotatable bonds is 4. The molecule has 0 saturated carbocycles. The molecule has 0 saturated heterocycles. The van der Waals surface area contributed by atoms with E-state index in [1.54, 1.807) is 0 Å². The fourth-order valence-electron chi connectivity index (χ4n) is 9.75. The molecule has 4 nitrogen and oxygen atoms in total. The summed E-state index contributed by atoms with van der Waals surface area (Å²) in [5.74, 6) is 0. The van der Waals surface area contributed by atoms with Gasteiger partial charge in [0.25, 0.3) is 0 Å². The fourth-order valence-corrected chi connectivity index (χ4v) is 9.75. The Morgan fingerprint density at radius 2 is 0.867 bits per heavy atom. The van der Waals surface area contributed by atoms with Crippen LogP contribution in [0.15, 0.2) is 203 Å². The lowest BCUT2D eigenvalue weighted by atomic mass is 9.89. The molecule has 9 aromatic carbocycles. The highest BCUT2D eigenvalue weighted by Gasteiger charge is 2.26. The van der Waals surface area contributed by atoms with Gasteiger partial charge in [-0.2, -0.15) is 0 Å². The molecule has 0 aliphatic carbocycles. The van der Waals surface area contributed by atoms with Gasteiger partial charge in [0.15, 0.2) is 5.58 Å². The summed E-state index contributed by atoms with van der Waals surface area (Å²) in [6, 6.07) is 69.5. The summed E-state index contributed by atoms with van der Waals surface area (Å²) in [5, 5.41) is 9.21. The molecular weight excluding hydrogens is 733 g/mol. The maximum atomic E-state index is 6.78. The van der Waals surface area contributed by atoms with E-state index in [0.717, 1.165) is 99.6 Å². The van der Waals surface area contributed by atoms with Crippen molar-refractivity contribution in [1.82, 2.24) is 9.13 Å². The Balaban J connectivity index is 0.00000191. The quantitative estimate of drug-likeness (QED) is 0.179. The van der Waals surface area contributed by atoms with Gasteiger partial charge in [0, 0.05) is 59.9 Å². The summed E-state index contributed by atoms with van der Waals surface area (Å²) < 4.78 is 18.3. The van der Waals surface area contributed by atoms with Crippen LogP contribution in [0.1, 0.15) is 13.8 Å². The summed E-state index contributed by atoms with van der Waals surface area (Å²) >= 11 is 0. The molecule has 284 valence electrons. The van der Waals surface area contributed by atoms with Gasteiger partial charge in [-0.15, -0.1) is 0 Å². The summed E-state index contributed by atoms with van der Waals surface area (Å²) in [5.41, 5.74) is 14.7. The Kier molecular flexibility index (Phi) is 7.63. The third-order valence-corrected chi connectivity index (χ3v) is 12.1. The maximum absolute atomic E-state index is 6.78. The van der Waals surface area contributed by atoms with Gasteiger partial charge in [-0.1, -0.05) is 159 Å². The normalized spacial score (nSPS) is 11.8. The third-order valence-electron chi connectivity index (χ3n) is 12.1. The predicted molar refractivity (Wildman–Crippen MR) is 252 cm³/mol. The minimum absolute atomic E-state index is 0.875. The molecule has 0 amide bonds. The molecule has 0 radical (unpaired) electrons. The number of nitrogens with zero attached hydrogens (tertiary/aromatic N) is 2. The first kappa shape index (κ1) is 34.2. The number of benzene rings is 9. The van der Waals surface area contributed by atoms with Crippen LogP contribution in [-0.2, 0) is 0 Å². The standard InChI is InChI=1S/C54H32N2O2.C2H6/c1-2-15-33(16-3-1)55-44-25-8-4-17-34(44)38-32-31-37(41-22-12-21-39-35-18-6-10-29-48(35)57-53(39)41)51(52(38)55)43-24-14-27-46-50(43)42-20-5-9-26-45(42)56(46)47-28-13-23-40-36-19-7-11-30-49(36)58-54(40)47;1-2/h1-32H;1-2H3. The first-order chi connectivity index (χ1) is 29.8. The lowest BCUT2D eigenvalue weighted by Crippen LogP contribution is -1.98. The van der Waals surface area contributed by atoms with Crippen LogP contribution in [0, 0.1) is 0 Å². The molecule has 0 N–H and O–H groups in total. The second-order valence-electron chi connectivity index (χ2n) is 15.2. The highest BCUT2D eigenvalue weighted by atomic mass is 16.3. The van der Waals surface area contributed by atoms with Crippen molar-refractivity contribution in [2.45, 2.75) is 13.8 Å². The van der Waals surface area contributed by atoms with E-state index in [0.29, 0.717) is 0 Å². The van der Waals surface area contributed by atoms with E-state index in [9.17, 15) is 0 Å². The van der Waals surface area contributed by atoms with E-state index in [1.165, 1.54) is 21.5 Å². The average Bonchev–Trinajstić information content (AvgIpc) is 4.07. The Bertz CT molecular complexity index is 3800. The van der Waals surface area contributed by atoms with Crippen LogP contribution in [0.2, 0.25) is 0 Å². The first-order valence-electron chi connectivity index (χ1n) is 20.8. The topological polar surface area (TPSA) is 36.1 Å². The van der Waals surface area contributed by atoms with E-state index in [4.69, 9.17) is 8.83 Å². The summed E-state index contributed by atoms with van der Waals surface area (Å²) in [4.78, 5) is 0. The Hall–Kier alpha value is -7.82. The SMILES string of the molecule is CC.c1ccc(-n2c3ccccc3c3ccc(-c4cccc5c4oc4ccccc45)c(-c4cccc5c4c4ccccc4n5-c4cccc5c4oc4ccccc45)c32)cc1. The minimum atomic E-state index is 0.875. The van der Waals surface area contributed by atoms with Gasteiger partial charge < -0.3 is 18.0 Å². The number of furan rings is 2. The highest BCUT2D eigenvalue weighted by molar-refractivity contribution is 6.24. The van der Waals surface area contributed by atoms with Gasteiger partial charge in [-0.3, -0.25) is 0 Å². The van der Waals surface area contributed by atoms with Gasteiger partial charge in [0.2, 0.25) is 0 Å². The maximum Gasteiger partial charge on any atom is 0.159 e. The van der Waals surface area contributed by atoms with E-state index in [1.807, 2.05) is 26.0 Å². The molecule has 4 heterocycles. The lowest BCUT2D eigenvalue weighted by molar-refractivity contribution is 0.666. The van der Waals surface area contributed by atoms with Crippen molar-refractivity contribution in [3.05, 3.63) is 194 Å². The number of fused-ring (bicyclic) bond motifs is 12. The van der Waals surface area contributed by atoms with Crippen LogP contribution in [0.3, 0.4) is 0 Å². The Labute approximate surface area is 345 Å². The van der Waals surface area contributed by atoms with E-state index in [2.05, 4.69) is 191 Å². The minimum Gasteiger partial charge on any atom is -0.455 e. The molecule has 4 aromatic heterocycles. The summed E-state index contributed by atoms with van der Waals surface area (Å²) in [6.45, 7) is 4.00. The molecule has 60 heavy (non-hydrogen) atoms. The number of aromatic nitrogens is 2. The highest BCUT2D eigenvalue weighted by Crippen LogP contribution is 2.49. The van der Waals surface area contributed by atoms with Crippen LogP contribution in [0.4, 0.5) is 0 Å². The van der Waals surface area contributed by atoms with Crippen molar-refractivity contribution in [2.75, 3.05) is 0 Å². The zero-order chi connectivity index (χ0) is 39.9. The zero-order valence-electron chi connectivity index (χ0n) is 33.2. The summed E-state index contributed by atoms with van der Waals surface area (Å²) in [6.07, 6.45) is 0. The second-order valence-corrected chi connectivity index (χ2v) is 15.2. The second kappa shape index (κ2) is 13.4. The van der Waals surface area contributed by atoms with Crippen LogP contribution < -0.4 is 0 Å².